The molecule has 0 aliphatic carbocycles. The van der Waals surface area contributed by atoms with Gasteiger partial charge in [-0.25, -0.2) is 4.79 Å². The summed E-state index contributed by atoms with van der Waals surface area (Å²) in [5.74, 6) is -4.19. The summed E-state index contributed by atoms with van der Waals surface area (Å²) in [4.78, 5) is 76.1. The highest BCUT2D eigenvalue weighted by Crippen LogP contribution is 2.23. The largest absolute Gasteiger partial charge is 0.449 e. The van der Waals surface area contributed by atoms with Crippen LogP contribution < -0.4 is 27.0 Å². The van der Waals surface area contributed by atoms with Crippen LogP contribution in [0.2, 0.25) is 0 Å². The van der Waals surface area contributed by atoms with Crippen LogP contribution in [0.5, 0.6) is 0 Å². The number of nitrogens with zero attached hydrogens (tertiary/aromatic N) is 1. The van der Waals surface area contributed by atoms with Gasteiger partial charge in [0.25, 0.3) is 5.91 Å². The first-order chi connectivity index (χ1) is 19.7. The molecule has 0 aromatic rings. The van der Waals surface area contributed by atoms with E-state index < -0.39 is 79.1 Å². The van der Waals surface area contributed by atoms with Gasteiger partial charge in [-0.3, -0.25) is 29.3 Å². The Bertz CT molecular complexity index is 945. The van der Waals surface area contributed by atoms with Crippen molar-refractivity contribution < 1.29 is 43.7 Å². The highest BCUT2D eigenvalue weighted by molar-refractivity contribution is 6.38. The third kappa shape index (κ3) is 11.9. The number of nitrogens with one attached hydrogen (secondary N) is 4. The lowest BCUT2D eigenvalue weighted by Gasteiger charge is -2.34. The number of amides is 5. The van der Waals surface area contributed by atoms with Crippen molar-refractivity contribution in [1.82, 2.24) is 26.2 Å². The first-order valence-electron chi connectivity index (χ1n) is 14.4. The summed E-state index contributed by atoms with van der Waals surface area (Å²) in [5.41, 5.74) is 5.16. The van der Waals surface area contributed by atoms with E-state index in [-0.39, 0.29) is 31.3 Å². The average molecular weight is 601 g/mol. The second kappa shape index (κ2) is 18.3. The van der Waals surface area contributed by atoms with Gasteiger partial charge in [0.15, 0.2) is 0 Å². The van der Waals surface area contributed by atoms with Crippen LogP contribution in [0.15, 0.2) is 0 Å². The lowest BCUT2D eigenvalue weighted by Crippen LogP contribution is -2.59. The minimum absolute atomic E-state index is 0.106. The number of likely N-dealkylation sites (tertiary alicyclic amines) is 1. The molecule has 15 nitrogen and oxygen atoms in total. The van der Waals surface area contributed by atoms with Gasteiger partial charge in [0.1, 0.15) is 18.3 Å². The first-order valence-corrected chi connectivity index (χ1v) is 14.4. The normalized spacial score (nSPS) is 17.7. The van der Waals surface area contributed by atoms with Crippen molar-refractivity contribution >= 4 is 35.5 Å². The smallest absolute Gasteiger partial charge is 0.407 e. The number of alkyl carbamates (subject to hydrolysis) is 1. The van der Waals surface area contributed by atoms with Gasteiger partial charge in [-0.05, 0) is 37.5 Å². The number of aliphatic hydroxyl groups excluding tert-OH is 2. The molecule has 1 fully saturated rings. The van der Waals surface area contributed by atoms with E-state index in [1.165, 1.54) is 4.90 Å². The van der Waals surface area contributed by atoms with Gasteiger partial charge < -0.3 is 41.5 Å². The third-order valence-electron chi connectivity index (χ3n) is 6.70. The molecule has 1 heterocycles. The standard InChI is InChI=1S/C27H48N6O9/c1-6-8-17(22(36)25(39)29-13-20(35)30-18(10-12-34)23(28)37)31-24(38)19-9-7-11-33(19)26(40)21(16(4)5)32-27(41)42-14-15(2)3/h15-19,21,24,31,34,38H,6-14H2,1-5H3,(H2,28,37)(H,29,39)(H,30,35)(H,32,41)/t17?,18?,19-,21?,24?/m0/s1. The van der Waals surface area contributed by atoms with Gasteiger partial charge in [-0.1, -0.05) is 41.0 Å². The molecule has 0 radical (unpaired) electrons. The zero-order valence-electron chi connectivity index (χ0n) is 25.2. The second-order valence-corrected chi connectivity index (χ2v) is 11.1. The number of carbonyl (C=O) groups excluding carboxylic acids is 6. The molecule has 1 aliphatic rings. The molecule has 5 amide bonds. The predicted octanol–water partition coefficient (Wildman–Crippen LogP) is -1.50. The molecule has 0 spiro atoms. The molecule has 0 aromatic heterocycles. The number of carbonyl (C=O) groups is 6. The maximum absolute atomic E-state index is 13.4. The summed E-state index contributed by atoms with van der Waals surface area (Å²) in [6.07, 6.45) is -0.490. The number of rotatable bonds is 18. The first kappa shape index (κ1) is 36.7. The lowest BCUT2D eigenvalue weighted by atomic mass is 10.0. The van der Waals surface area contributed by atoms with E-state index in [0.29, 0.717) is 25.8 Å². The molecule has 0 saturated carbocycles. The van der Waals surface area contributed by atoms with Crippen molar-refractivity contribution in [1.29, 1.82) is 0 Å². The number of Topliss-reactive ketones (excluding diaryl/α,β-unsaturated/α-hetero) is 1. The van der Waals surface area contributed by atoms with Crippen molar-refractivity contribution in [3.63, 3.8) is 0 Å². The molecule has 15 heteroatoms. The number of primary amides is 1. The average Bonchev–Trinajstić information content (AvgIpc) is 3.42. The number of ketones is 1. The van der Waals surface area contributed by atoms with Crippen LogP contribution in [-0.4, -0.2) is 107 Å². The van der Waals surface area contributed by atoms with E-state index in [4.69, 9.17) is 15.6 Å². The Morgan fingerprint density at radius 2 is 1.69 bits per heavy atom. The minimum Gasteiger partial charge on any atom is -0.449 e. The summed E-state index contributed by atoms with van der Waals surface area (Å²) in [5, 5.41) is 29.8. The Balaban J connectivity index is 2.85. The lowest BCUT2D eigenvalue weighted by molar-refractivity contribution is -0.141. The van der Waals surface area contributed by atoms with Crippen LogP contribution in [0.3, 0.4) is 0 Å². The van der Waals surface area contributed by atoms with E-state index in [2.05, 4.69) is 21.3 Å². The molecule has 240 valence electrons. The number of ether oxygens (including phenoxy) is 1. The van der Waals surface area contributed by atoms with Gasteiger partial charge in [-0.15, -0.1) is 0 Å². The van der Waals surface area contributed by atoms with E-state index in [1.54, 1.807) is 20.8 Å². The van der Waals surface area contributed by atoms with Crippen molar-refractivity contribution in [2.45, 2.75) is 97.1 Å². The number of aliphatic hydroxyl groups is 2. The summed E-state index contributed by atoms with van der Waals surface area (Å²) < 4.78 is 5.16. The molecule has 0 aromatic carbocycles. The monoisotopic (exact) mass is 600 g/mol. The fourth-order valence-corrected chi connectivity index (χ4v) is 4.46. The molecule has 1 aliphatic heterocycles. The SMILES string of the molecule is CCCC(NC(O)[C@@H]1CCCN1C(=O)C(NC(=O)OCC(C)C)C(C)C)C(=O)C(=O)NCC(=O)NC(CCO)C(N)=O. The van der Waals surface area contributed by atoms with Crippen LogP contribution in [-0.2, 0) is 28.7 Å². The van der Waals surface area contributed by atoms with Crippen molar-refractivity contribution in [2.75, 3.05) is 26.3 Å². The number of nitrogens with two attached hydrogens (primary N) is 1. The third-order valence-corrected chi connectivity index (χ3v) is 6.70. The summed E-state index contributed by atoms with van der Waals surface area (Å²) >= 11 is 0. The van der Waals surface area contributed by atoms with Crippen LogP contribution in [0.25, 0.3) is 0 Å². The van der Waals surface area contributed by atoms with E-state index in [0.717, 1.165) is 0 Å². The number of hydrogen-bond acceptors (Lipinski definition) is 10. The fraction of sp³-hybridized carbons (Fsp3) is 0.778. The summed E-state index contributed by atoms with van der Waals surface area (Å²) in [6, 6.07) is -3.85. The van der Waals surface area contributed by atoms with Crippen molar-refractivity contribution in [3.05, 3.63) is 0 Å². The fourth-order valence-electron chi connectivity index (χ4n) is 4.46. The maximum atomic E-state index is 13.4. The molecule has 5 atom stereocenters. The molecule has 42 heavy (non-hydrogen) atoms. The Kier molecular flexibility index (Phi) is 16.0. The molecule has 0 bridgehead atoms. The van der Waals surface area contributed by atoms with Crippen LogP contribution in [0.1, 0.15) is 66.7 Å². The number of hydrogen-bond donors (Lipinski definition) is 7. The van der Waals surface area contributed by atoms with E-state index >= 15 is 0 Å². The molecule has 8 N–H and O–H groups in total. The minimum atomic E-state index is -1.36. The Morgan fingerprint density at radius 1 is 1.02 bits per heavy atom. The molecular formula is C27H48N6O9. The van der Waals surface area contributed by atoms with Gasteiger partial charge in [-0.2, -0.15) is 0 Å². The molecule has 1 rings (SSSR count). The topological polar surface area (TPSA) is 229 Å². The van der Waals surface area contributed by atoms with Crippen LogP contribution in [0.4, 0.5) is 4.79 Å². The van der Waals surface area contributed by atoms with Gasteiger partial charge in [0.2, 0.25) is 23.5 Å². The van der Waals surface area contributed by atoms with Gasteiger partial charge in [0, 0.05) is 13.2 Å². The Hall–Kier alpha value is -3.30. The highest BCUT2D eigenvalue weighted by Gasteiger charge is 2.40. The van der Waals surface area contributed by atoms with E-state index in [9.17, 15) is 33.9 Å². The zero-order valence-corrected chi connectivity index (χ0v) is 25.2. The molecule has 4 unspecified atom stereocenters. The highest BCUT2D eigenvalue weighted by atomic mass is 16.5. The van der Waals surface area contributed by atoms with Gasteiger partial charge in [0.05, 0.1) is 25.2 Å². The Morgan fingerprint density at radius 3 is 2.24 bits per heavy atom. The molecule has 1 saturated heterocycles. The van der Waals surface area contributed by atoms with E-state index in [1.807, 2.05) is 13.8 Å². The zero-order chi connectivity index (χ0) is 32.0. The second-order valence-electron chi connectivity index (χ2n) is 11.1. The Labute approximate surface area is 246 Å². The summed E-state index contributed by atoms with van der Waals surface area (Å²) in [6.45, 7) is 8.64. The van der Waals surface area contributed by atoms with Crippen LogP contribution >= 0.6 is 0 Å². The summed E-state index contributed by atoms with van der Waals surface area (Å²) in [7, 11) is 0. The quantitative estimate of drug-likeness (QED) is 0.0711. The predicted molar refractivity (Wildman–Crippen MR) is 151 cm³/mol. The molecular weight excluding hydrogens is 552 g/mol. The van der Waals surface area contributed by atoms with Crippen molar-refractivity contribution in [2.24, 2.45) is 17.6 Å². The maximum Gasteiger partial charge on any atom is 0.407 e. The van der Waals surface area contributed by atoms with Crippen LogP contribution in [0, 0.1) is 11.8 Å². The van der Waals surface area contributed by atoms with Crippen molar-refractivity contribution in [3.8, 4) is 0 Å². The van der Waals surface area contributed by atoms with Gasteiger partial charge >= 0.3 is 6.09 Å².